The van der Waals surface area contributed by atoms with Gasteiger partial charge in [0.15, 0.2) is 0 Å². The van der Waals surface area contributed by atoms with E-state index in [1.807, 2.05) is 0 Å². The van der Waals surface area contributed by atoms with Crippen molar-refractivity contribution >= 4 is 5.97 Å². The van der Waals surface area contributed by atoms with Crippen LogP contribution in [0.3, 0.4) is 0 Å². The molecule has 3 heteroatoms. The largest absolute Gasteiger partial charge is 0.368 e. The highest BCUT2D eigenvalue weighted by molar-refractivity contribution is 5.68. The van der Waals surface area contributed by atoms with Gasteiger partial charge in [-0.05, 0) is 0 Å². The van der Waals surface area contributed by atoms with E-state index in [2.05, 4.69) is 0 Å². The van der Waals surface area contributed by atoms with Gasteiger partial charge in [0.25, 0.3) is 0 Å². The Morgan fingerprint density at radius 2 is 2.38 bits per heavy atom. The van der Waals surface area contributed by atoms with Crippen LogP contribution >= 0.6 is 0 Å². The summed E-state index contributed by atoms with van der Waals surface area (Å²) < 4.78 is 0. The molecule has 0 saturated carbocycles. The lowest BCUT2D eigenvalue weighted by Gasteiger charge is -1.97. The number of hydrogen-bond donors (Lipinski definition) is 0. The minimum atomic E-state index is -0.137. The Morgan fingerprint density at radius 3 is 2.75 bits per heavy atom. The Labute approximate surface area is 48.2 Å². The van der Waals surface area contributed by atoms with E-state index in [9.17, 15) is 4.79 Å². The number of carbonyl (C=O) groups is 1. The number of hydrogen-bond acceptors (Lipinski definition) is 3. The zero-order chi connectivity index (χ0) is 5.98. The maximum Gasteiger partial charge on any atom is 0.324 e. The second-order valence-electron chi connectivity index (χ2n) is 1.75. The number of carbonyl (C=O) groups excluding carboxylic acids is 1. The summed E-state index contributed by atoms with van der Waals surface area (Å²) in [6, 6.07) is 0. The third kappa shape index (κ3) is 1.50. The van der Waals surface area contributed by atoms with Crippen molar-refractivity contribution in [1.82, 2.24) is 5.06 Å². The van der Waals surface area contributed by atoms with Crippen LogP contribution in [0.5, 0.6) is 0 Å². The zero-order valence-corrected chi connectivity index (χ0v) is 4.89. The van der Waals surface area contributed by atoms with Gasteiger partial charge < -0.3 is 4.84 Å². The summed E-state index contributed by atoms with van der Waals surface area (Å²) >= 11 is 0. The van der Waals surface area contributed by atoms with E-state index in [-0.39, 0.29) is 5.97 Å². The smallest absolute Gasteiger partial charge is 0.324 e. The van der Waals surface area contributed by atoms with Crippen molar-refractivity contribution < 1.29 is 9.63 Å². The number of hydroxylamine groups is 2. The van der Waals surface area contributed by atoms with Gasteiger partial charge >= 0.3 is 5.97 Å². The van der Waals surface area contributed by atoms with Gasteiger partial charge in [-0.15, -0.1) is 5.06 Å². The summed E-state index contributed by atoms with van der Waals surface area (Å²) in [5, 5.41) is 1.63. The second-order valence-corrected chi connectivity index (χ2v) is 1.75. The minimum Gasteiger partial charge on any atom is -0.368 e. The fraction of sp³-hybridized carbons (Fsp3) is 0.800. The monoisotopic (exact) mass is 115 g/mol. The Hall–Kier alpha value is -0.570. The molecule has 0 bridgehead atoms. The molecule has 1 aliphatic heterocycles. The Balaban J connectivity index is 2.07. The van der Waals surface area contributed by atoms with Crippen molar-refractivity contribution in [2.45, 2.75) is 13.3 Å². The summed E-state index contributed by atoms with van der Waals surface area (Å²) in [6.07, 6.45) is 0.469. The van der Waals surface area contributed by atoms with Crippen molar-refractivity contribution in [3.05, 3.63) is 0 Å². The Morgan fingerprint density at radius 1 is 1.75 bits per heavy atom. The SMILES string of the molecule is CCC(=O)ON1CC1. The predicted molar refractivity (Wildman–Crippen MR) is 28.0 cm³/mol. The van der Waals surface area contributed by atoms with E-state index in [4.69, 9.17) is 4.84 Å². The van der Waals surface area contributed by atoms with Crippen LogP contribution in [0.2, 0.25) is 0 Å². The molecular weight excluding hydrogens is 106 g/mol. The first-order valence-electron chi connectivity index (χ1n) is 2.78. The second kappa shape index (κ2) is 2.13. The Kier molecular flexibility index (Phi) is 1.48. The van der Waals surface area contributed by atoms with Crippen LogP contribution in [-0.4, -0.2) is 24.1 Å². The predicted octanol–water partition coefficient (Wildman–Crippen LogP) is 0.170. The summed E-state index contributed by atoms with van der Waals surface area (Å²) in [4.78, 5) is 15.1. The van der Waals surface area contributed by atoms with Gasteiger partial charge in [0.2, 0.25) is 0 Å². The van der Waals surface area contributed by atoms with Crippen LogP contribution in [0.4, 0.5) is 0 Å². The minimum absolute atomic E-state index is 0.137. The first-order chi connectivity index (χ1) is 3.83. The van der Waals surface area contributed by atoms with Crippen molar-refractivity contribution in [1.29, 1.82) is 0 Å². The topological polar surface area (TPSA) is 29.3 Å². The summed E-state index contributed by atoms with van der Waals surface area (Å²) in [7, 11) is 0. The molecule has 0 atom stereocenters. The van der Waals surface area contributed by atoms with Gasteiger partial charge in [-0.25, -0.2) is 0 Å². The van der Waals surface area contributed by atoms with E-state index in [1.165, 1.54) is 0 Å². The van der Waals surface area contributed by atoms with Crippen LogP contribution in [0.1, 0.15) is 13.3 Å². The Bertz CT molecular complexity index is 98.6. The number of rotatable bonds is 2. The van der Waals surface area contributed by atoms with Crippen LogP contribution in [-0.2, 0) is 9.63 Å². The van der Waals surface area contributed by atoms with Gasteiger partial charge in [-0.3, -0.25) is 4.79 Å². The van der Waals surface area contributed by atoms with Crippen molar-refractivity contribution in [3.63, 3.8) is 0 Å². The lowest BCUT2D eigenvalue weighted by molar-refractivity contribution is -0.165. The zero-order valence-electron chi connectivity index (χ0n) is 4.89. The molecule has 0 unspecified atom stereocenters. The lowest BCUT2D eigenvalue weighted by Crippen LogP contribution is -2.07. The van der Waals surface area contributed by atoms with Gasteiger partial charge in [0.1, 0.15) is 0 Å². The fourth-order valence-corrected chi connectivity index (χ4v) is 0.341. The normalized spacial score (nSPS) is 18.1. The van der Waals surface area contributed by atoms with Gasteiger partial charge in [-0.2, -0.15) is 0 Å². The molecule has 0 spiro atoms. The third-order valence-electron chi connectivity index (χ3n) is 0.926. The maximum atomic E-state index is 10.4. The van der Waals surface area contributed by atoms with Gasteiger partial charge in [0, 0.05) is 6.42 Å². The molecule has 0 aromatic heterocycles. The molecule has 8 heavy (non-hydrogen) atoms. The molecule has 0 aromatic carbocycles. The molecule has 0 amide bonds. The van der Waals surface area contributed by atoms with E-state index < -0.39 is 0 Å². The van der Waals surface area contributed by atoms with E-state index in [0.29, 0.717) is 6.42 Å². The average Bonchev–Trinajstić information content (AvgIpc) is 2.50. The first kappa shape index (κ1) is 5.56. The highest BCUT2D eigenvalue weighted by atomic mass is 16.7. The van der Waals surface area contributed by atoms with Gasteiger partial charge in [-0.1, -0.05) is 6.92 Å². The van der Waals surface area contributed by atoms with Crippen molar-refractivity contribution in [2.75, 3.05) is 13.1 Å². The fourth-order valence-electron chi connectivity index (χ4n) is 0.341. The molecule has 3 nitrogen and oxygen atoms in total. The van der Waals surface area contributed by atoms with Crippen molar-refractivity contribution in [2.24, 2.45) is 0 Å². The summed E-state index contributed by atoms with van der Waals surface area (Å²) in [5.41, 5.74) is 0. The molecule has 0 N–H and O–H groups in total. The molecule has 0 radical (unpaired) electrons. The molecule has 1 saturated heterocycles. The van der Waals surface area contributed by atoms with E-state index in [1.54, 1.807) is 12.0 Å². The maximum absolute atomic E-state index is 10.4. The highest BCUT2D eigenvalue weighted by Crippen LogP contribution is 2.04. The average molecular weight is 115 g/mol. The van der Waals surface area contributed by atoms with Crippen LogP contribution in [0, 0.1) is 0 Å². The molecule has 1 rings (SSSR count). The molecule has 1 heterocycles. The lowest BCUT2D eigenvalue weighted by atomic mass is 10.5. The highest BCUT2D eigenvalue weighted by Gasteiger charge is 2.21. The molecule has 46 valence electrons. The molecule has 0 aliphatic carbocycles. The van der Waals surface area contributed by atoms with Crippen molar-refractivity contribution in [3.8, 4) is 0 Å². The summed E-state index contributed by atoms with van der Waals surface area (Å²) in [6.45, 7) is 3.60. The molecule has 0 aromatic rings. The van der Waals surface area contributed by atoms with Crippen LogP contribution in [0.15, 0.2) is 0 Å². The number of nitrogens with zero attached hydrogens (tertiary/aromatic N) is 1. The van der Waals surface area contributed by atoms with Crippen LogP contribution < -0.4 is 0 Å². The van der Waals surface area contributed by atoms with Gasteiger partial charge in [0.05, 0.1) is 13.1 Å². The quantitative estimate of drug-likeness (QED) is 0.480. The van der Waals surface area contributed by atoms with Crippen LogP contribution in [0.25, 0.3) is 0 Å². The van der Waals surface area contributed by atoms with E-state index in [0.717, 1.165) is 13.1 Å². The van der Waals surface area contributed by atoms with E-state index >= 15 is 0 Å². The third-order valence-corrected chi connectivity index (χ3v) is 0.926. The first-order valence-corrected chi connectivity index (χ1v) is 2.78. The molecule has 1 aliphatic rings. The summed E-state index contributed by atoms with van der Waals surface area (Å²) in [5.74, 6) is -0.137. The standard InChI is InChI=1S/C5H9NO2/c1-2-5(7)8-6-3-4-6/h2-4H2,1H3. The molecular formula is C5H9NO2. The molecule has 1 fully saturated rings.